The predicted octanol–water partition coefficient (Wildman–Crippen LogP) is -0.393. The van der Waals surface area contributed by atoms with Crippen molar-refractivity contribution in [2.75, 3.05) is 19.6 Å². The Labute approximate surface area is 84.8 Å². The second-order valence-corrected chi connectivity index (χ2v) is 4.19. The van der Waals surface area contributed by atoms with E-state index in [4.69, 9.17) is 0 Å². The lowest BCUT2D eigenvalue weighted by atomic mass is 10.0. The van der Waals surface area contributed by atoms with Crippen molar-refractivity contribution in [1.29, 1.82) is 0 Å². The number of nitrogens with one attached hydrogen (secondary N) is 3. The molecule has 2 unspecified atom stereocenters. The molecule has 4 nitrogen and oxygen atoms in total. The predicted molar refractivity (Wildman–Crippen MR) is 55.1 cm³/mol. The SMILES string of the molecule is O=C1NCCC1NCC1CCCCN1. The summed E-state index contributed by atoms with van der Waals surface area (Å²) in [5, 5.41) is 9.63. The van der Waals surface area contributed by atoms with Crippen LogP contribution in [0.4, 0.5) is 0 Å². The van der Waals surface area contributed by atoms with Crippen LogP contribution in [-0.4, -0.2) is 37.6 Å². The first-order valence-electron chi connectivity index (χ1n) is 5.61. The van der Waals surface area contributed by atoms with Gasteiger partial charge in [-0.3, -0.25) is 4.79 Å². The standard InChI is InChI=1S/C10H19N3O/c14-10-9(4-6-12-10)13-7-8-3-1-2-5-11-8/h8-9,11,13H,1-7H2,(H,12,14). The molecule has 0 aromatic rings. The van der Waals surface area contributed by atoms with Gasteiger partial charge in [-0.05, 0) is 25.8 Å². The average Bonchev–Trinajstić information content (AvgIpc) is 2.63. The van der Waals surface area contributed by atoms with Gasteiger partial charge in [0.1, 0.15) is 0 Å². The lowest BCUT2D eigenvalue weighted by molar-refractivity contribution is -0.120. The van der Waals surface area contributed by atoms with Crippen LogP contribution < -0.4 is 16.0 Å². The summed E-state index contributed by atoms with van der Waals surface area (Å²) in [6, 6.07) is 0.621. The van der Waals surface area contributed by atoms with Crippen molar-refractivity contribution in [2.24, 2.45) is 0 Å². The molecule has 0 aromatic carbocycles. The van der Waals surface area contributed by atoms with Crippen LogP contribution in [-0.2, 0) is 4.79 Å². The number of carbonyl (C=O) groups is 1. The van der Waals surface area contributed by atoms with E-state index in [9.17, 15) is 4.79 Å². The lowest BCUT2D eigenvalue weighted by Gasteiger charge is -2.24. The summed E-state index contributed by atoms with van der Waals surface area (Å²) in [4.78, 5) is 11.3. The van der Waals surface area contributed by atoms with Gasteiger partial charge in [-0.2, -0.15) is 0 Å². The van der Waals surface area contributed by atoms with Gasteiger partial charge in [-0.15, -0.1) is 0 Å². The maximum atomic E-state index is 11.3. The van der Waals surface area contributed by atoms with E-state index in [-0.39, 0.29) is 11.9 Å². The summed E-state index contributed by atoms with van der Waals surface area (Å²) in [6.07, 6.45) is 4.78. The lowest BCUT2D eigenvalue weighted by Crippen LogP contribution is -2.46. The van der Waals surface area contributed by atoms with Crippen LogP contribution in [0.2, 0.25) is 0 Å². The fourth-order valence-corrected chi connectivity index (χ4v) is 2.17. The van der Waals surface area contributed by atoms with Gasteiger partial charge in [0.2, 0.25) is 5.91 Å². The zero-order chi connectivity index (χ0) is 9.80. The third kappa shape index (κ3) is 2.45. The summed E-state index contributed by atoms with van der Waals surface area (Å²) in [7, 11) is 0. The van der Waals surface area contributed by atoms with E-state index in [0.29, 0.717) is 6.04 Å². The number of amides is 1. The maximum Gasteiger partial charge on any atom is 0.237 e. The Kier molecular flexibility index (Phi) is 3.37. The molecule has 0 aliphatic carbocycles. The van der Waals surface area contributed by atoms with E-state index in [1.54, 1.807) is 0 Å². The van der Waals surface area contributed by atoms with E-state index >= 15 is 0 Å². The van der Waals surface area contributed by atoms with E-state index in [1.165, 1.54) is 19.3 Å². The Bertz CT molecular complexity index is 202. The van der Waals surface area contributed by atoms with Crippen LogP contribution in [0.15, 0.2) is 0 Å². The second kappa shape index (κ2) is 4.75. The highest BCUT2D eigenvalue weighted by Gasteiger charge is 2.24. The Hall–Kier alpha value is -0.610. The Morgan fingerprint density at radius 1 is 1.29 bits per heavy atom. The van der Waals surface area contributed by atoms with Crippen molar-refractivity contribution < 1.29 is 4.79 Å². The summed E-state index contributed by atoms with van der Waals surface area (Å²) < 4.78 is 0. The molecule has 2 saturated heterocycles. The summed E-state index contributed by atoms with van der Waals surface area (Å²) >= 11 is 0. The van der Waals surface area contributed by atoms with Gasteiger partial charge in [0.05, 0.1) is 6.04 Å². The smallest absolute Gasteiger partial charge is 0.237 e. The first-order valence-corrected chi connectivity index (χ1v) is 5.61. The molecule has 0 radical (unpaired) electrons. The molecule has 14 heavy (non-hydrogen) atoms. The van der Waals surface area contributed by atoms with Crippen LogP contribution in [0.3, 0.4) is 0 Å². The van der Waals surface area contributed by atoms with Gasteiger partial charge in [-0.25, -0.2) is 0 Å². The van der Waals surface area contributed by atoms with Gasteiger partial charge < -0.3 is 16.0 Å². The Morgan fingerprint density at radius 3 is 2.86 bits per heavy atom. The number of carbonyl (C=O) groups excluding carboxylic acids is 1. The van der Waals surface area contributed by atoms with Gasteiger partial charge in [0.25, 0.3) is 0 Å². The first-order chi connectivity index (χ1) is 6.86. The number of piperidine rings is 1. The maximum absolute atomic E-state index is 11.3. The van der Waals surface area contributed by atoms with E-state index in [2.05, 4.69) is 16.0 Å². The molecule has 0 saturated carbocycles. The summed E-state index contributed by atoms with van der Waals surface area (Å²) in [6.45, 7) is 2.88. The molecular formula is C10H19N3O. The van der Waals surface area contributed by atoms with Crippen molar-refractivity contribution in [2.45, 2.75) is 37.8 Å². The van der Waals surface area contributed by atoms with Crippen molar-refractivity contribution in [3.63, 3.8) is 0 Å². The second-order valence-electron chi connectivity index (χ2n) is 4.19. The number of rotatable bonds is 3. The van der Waals surface area contributed by atoms with Crippen LogP contribution in [0, 0.1) is 0 Å². The number of hydrogen-bond donors (Lipinski definition) is 3. The molecule has 0 bridgehead atoms. The van der Waals surface area contributed by atoms with Crippen LogP contribution in [0.5, 0.6) is 0 Å². The quantitative estimate of drug-likeness (QED) is 0.577. The van der Waals surface area contributed by atoms with Crippen LogP contribution in [0.1, 0.15) is 25.7 Å². The number of hydrogen-bond acceptors (Lipinski definition) is 3. The molecule has 2 atom stereocenters. The third-order valence-electron chi connectivity index (χ3n) is 3.07. The zero-order valence-corrected chi connectivity index (χ0v) is 8.51. The molecule has 2 aliphatic heterocycles. The molecule has 2 rings (SSSR count). The molecule has 0 aromatic heterocycles. The van der Waals surface area contributed by atoms with Gasteiger partial charge >= 0.3 is 0 Å². The fourth-order valence-electron chi connectivity index (χ4n) is 2.17. The highest BCUT2D eigenvalue weighted by Crippen LogP contribution is 2.07. The van der Waals surface area contributed by atoms with Crippen molar-refractivity contribution in [3.05, 3.63) is 0 Å². The molecule has 0 spiro atoms. The highest BCUT2D eigenvalue weighted by atomic mass is 16.2. The third-order valence-corrected chi connectivity index (χ3v) is 3.07. The normalized spacial score (nSPS) is 33.0. The van der Waals surface area contributed by atoms with E-state index in [1.807, 2.05) is 0 Å². The molecule has 2 fully saturated rings. The molecule has 4 heteroatoms. The Morgan fingerprint density at radius 2 is 2.21 bits per heavy atom. The van der Waals surface area contributed by atoms with Crippen molar-refractivity contribution >= 4 is 5.91 Å². The van der Waals surface area contributed by atoms with E-state index in [0.717, 1.165) is 26.1 Å². The van der Waals surface area contributed by atoms with Crippen LogP contribution in [0.25, 0.3) is 0 Å². The Balaban J connectivity index is 1.68. The summed E-state index contributed by atoms with van der Waals surface area (Å²) in [5.74, 6) is 0.167. The van der Waals surface area contributed by atoms with E-state index < -0.39 is 0 Å². The van der Waals surface area contributed by atoms with Crippen LogP contribution >= 0.6 is 0 Å². The minimum atomic E-state index is 0.0544. The largest absolute Gasteiger partial charge is 0.355 e. The molecule has 80 valence electrons. The molecule has 3 N–H and O–H groups in total. The fraction of sp³-hybridized carbons (Fsp3) is 0.900. The average molecular weight is 197 g/mol. The monoisotopic (exact) mass is 197 g/mol. The molecule has 1 amide bonds. The zero-order valence-electron chi connectivity index (χ0n) is 8.51. The highest BCUT2D eigenvalue weighted by molar-refractivity contribution is 5.83. The van der Waals surface area contributed by atoms with Crippen molar-refractivity contribution in [1.82, 2.24) is 16.0 Å². The summed E-state index contributed by atoms with van der Waals surface area (Å²) in [5.41, 5.74) is 0. The van der Waals surface area contributed by atoms with Crippen molar-refractivity contribution in [3.8, 4) is 0 Å². The first kappa shape index (κ1) is 9.93. The minimum Gasteiger partial charge on any atom is -0.355 e. The molecular weight excluding hydrogens is 178 g/mol. The topological polar surface area (TPSA) is 53.2 Å². The molecule has 2 heterocycles. The van der Waals surface area contributed by atoms with Gasteiger partial charge in [-0.1, -0.05) is 6.42 Å². The molecule has 2 aliphatic rings. The minimum absolute atomic E-state index is 0.0544. The van der Waals surface area contributed by atoms with Gasteiger partial charge in [0.15, 0.2) is 0 Å². The van der Waals surface area contributed by atoms with Gasteiger partial charge in [0, 0.05) is 19.1 Å².